The minimum Gasteiger partial charge on any atom is -0.495 e. The van der Waals surface area contributed by atoms with Gasteiger partial charge in [0.05, 0.1) is 11.6 Å². The van der Waals surface area contributed by atoms with Crippen molar-refractivity contribution in [2.75, 3.05) is 7.11 Å². The maximum atomic E-state index is 13.9. The van der Waals surface area contributed by atoms with Crippen LogP contribution in [-0.2, 0) is 0 Å². The smallest absolute Gasteiger partial charge is 0.143 e. The van der Waals surface area contributed by atoms with Gasteiger partial charge in [-0.15, -0.1) is 0 Å². The van der Waals surface area contributed by atoms with E-state index in [2.05, 4.69) is 20.9 Å². The molecule has 2 aromatic rings. The summed E-state index contributed by atoms with van der Waals surface area (Å²) in [5, 5.41) is 10.2. The molecule has 0 fully saturated rings. The molecule has 2 rings (SSSR count). The summed E-state index contributed by atoms with van der Waals surface area (Å²) in [5.41, 5.74) is 0.443. The second kappa shape index (κ2) is 5.46. The Morgan fingerprint density at radius 1 is 1.33 bits per heavy atom. The zero-order chi connectivity index (χ0) is 13.1. The number of hydrogen-bond acceptors (Lipinski definition) is 3. The molecule has 0 bridgehead atoms. The molecule has 0 saturated heterocycles. The number of pyridine rings is 1. The van der Waals surface area contributed by atoms with Crippen LogP contribution in [0, 0.1) is 5.82 Å². The number of hydrogen-bond donors (Lipinski definition) is 1. The van der Waals surface area contributed by atoms with Crippen LogP contribution in [0.3, 0.4) is 0 Å². The van der Waals surface area contributed by atoms with Gasteiger partial charge in [0.15, 0.2) is 0 Å². The van der Waals surface area contributed by atoms with Crippen LogP contribution in [-0.4, -0.2) is 17.2 Å². The molecular weight excluding hydrogens is 301 g/mol. The highest BCUT2D eigenvalue weighted by Gasteiger charge is 2.20. The maximum absolute atomic E-state index is 13.9. The van der Waals surface area contributed by atoms with E-state index in [1.54, 1.807) is 24.3 Å². The lowest BCUT2D eigenvalue weighted by molar-refractivity contribution is 0.204. The van der Waals surface area contributed by atoms with Crippen molar-refractivity contribution in [3.05, 3.63) is 58.1 Å². The SMILES string of the molecule is COc1cccnc1C(O)c1cccc(Br)c1F. The molecule has 1 atom stereocenters. The third kappa shape index (κ3) is 2.37. The van der Waals surface area contributed by atoms with Crippen molar-refractivity contribution in [3.63, 3.8) is 0 Å². The van der Waals surface area contributed by atoms with Crippen LogP contribution in [0.1, 0.15) is 17.4 Å². The Labute approximate surface area is 112 Å². The van der Waals surface area contributed by atoms with Gasteiger partial charge in [-0.25, -0.2) is 4.39 Å². The van der Waals surface area contributed by atoms with Gasteiger partial charge in [0, 0.05) is 11.8 Å². The lowest BCUT2D eigenvalue weighted by atomic mass is 10.0. The van der Waals surface area contributed by atoms with Crippen molar-refractivity contribution in [1.29, 1.82) is 0 Å². The molecule has 3 nitrogen and oxygen atoms in total. The van der Waals surface area contributed by atoms with Gasteiger partial charge in [0.1, 0.15) is 23.4 Å². The quantitative estimate of drug-likeness (QED) is 0.947. The fourth-order valence-electron chi connectivity index (χ4n) is 1.66. The van der Waals surface area contributed by atoms with Crippen molar-refractivity contribution in [3.8, 4) is 5.75 Å². The topological polar surface area (TPSA) is 42.4 Å². The molecule has 0 spiro atoms. The molecule has 0 aliphatic rings. The van der Waals surface area contributed by atoms with Gasteiger partial charge in [0.25, 0.3) is 0 Å². The van der Waals surface area contributed by atoms with Crippen LogP contribution in [0.4, 0.5) is 4.39 Å². The van der Waals surface area contributed by atoms with Crippen LogP contribution in [0.5, 0.6) is 5.75 Å². The van der Waals surface area contributed by atoms with E-state index < -0.39 is 11.9 Å². The lowest BCUT2D eigenvalue weighted by Gasteiger charge is -2.14. The summed E-state index contributed by atoms with van der Waals surface area (Å²) in [6.45, 7) is 0. The van der Waals surface area contributed by atoms with Crippen LogP contribution < -0.4 is 4.74 Å². The first-order chi connectivity index (χ1) is 8.65. The summed E-state index contributed by atoms with van der Waals surface area (Å²) >= 11 is 3.08. The molecule has 18 heavy (non-hydrogen) atoms. The molecule has 1 N–H and O–H groups in total. The van der Waals surface area contributed by atoms with Crippen molar-refractivity contribution in [2.24, 2.45) is 0 Å². The average molecular weight is 312 g/mol. The summed E-state index contributed by atoms with van der Waals surface area (Å²) in [5.74, 6) is -0.0814. The van der Waals surface area contributed by atoms with Crippen molar-refractivity contribution >= 4 is 15.9 Å². The Hall–Kier alpha value is -1.46. The van der Waals surface area contributed by atoms with E-state index in [9.17, 15) is 9.50 Å². The third-order valence-electron chi connectivity index (χ3n) is 2.55. The molecule has 1 aromatic carbocycles. The summed E-state index contributed by atoms with van der Waals surface area (Å²) < 4.78 is 19.3. The van der Waals surface area contributed by atoms with Crippen LogP contribution >= 0.6 is 15.9 Å². The van der Waals surface area contributed by atoms with Gasteiger partial charge in [-0.05, 0) is 34.1 Å². The number of benzene rings is 1. The molecule has 0 aliphatic heterocycles. The maximum Gasteiger partial charge on any atom is 0.143 e. The van der Waals surface area contributed by atoms with Gasteiger partial charge in [-0.3, -0.25) is 4.98 Å². The van der Waals surface area contributed by atoms with Gasteiger partial charge >= 0.3 is 0 Å². The zero-order valence-corrected chi connectivity index (χ0v) is 11.2. The fraction of sp³-hybridized carbons (Fsp3) is 0.154. The average Bonchev–Trinajstić information content (AvgIpc) is 2.41. The number of nitrogens with zero attached hydrogens (tertiary/aromatic N) is 1. The van der Waals surface area contributed by atoms with E-state index >= 15 is 0 Å². The highest BCUT2D eigenvalue weighted by molar-refractivity contribution is 9.10. The molecule has 94 valence electrons. The van der Waals surface area contributed by atoms with Crippen molar-refractivity contribution in [2.45, 2.75) is 6.10 Å². The Bertz CT molecular complexity index is 562. The summed E-state index contributed by atoms with van der Waals surface area (Å²) in [7, 11) is 1.48. The number of rotatable bonds is 3. The van der Waals surface area contributed by atoms with Gasteiger partial charge in [-0.1, -0.05) is 12.1 Å². The second-order valence-corrected chi connectivity index (χ2v) is 4.49. The summed E-state index contributed by atoms with van der Waals surface area (Å²) in [6.07, 6.45) is 0.357. The number of ether oxygens (including phenoxy) is 1. The first-order valence-electron chi connectivity index (χ1n) is 5.26. The van der Waals surface area contributed by atoms with Crippen LogP contribution in [0.25, 0.3) is 0 Å². The molecule has 5 heteroatoms. The van der Waals surface area contributed by atoms with Crippen LogP contribution in [0.15, 0.2) is 41.0 Å². The van der Waals surface area contributed by atoms with E-state index in [0.717, 1.165) is 0 Å². The van der Waals surface area contributed by atoms with E-state index in [4.69, 9.17) is 4.74 Å². The van der Waals surface area contributed by atoms with Gasteiger partial charge in [0.2, 0.25) is 0 Å². The number of methoxy groups -OCH3 is 1. The summed E-state index contributed by atoms with van der Waals surface area (Å²) in [6, 6.07) is 8.09. The predicted molar refractivity (Wildman–Crippen MR) is 69.0 cm³/mol. The molecule has 0 radical (unpaired) electrons. The first-order valence-corrected chi connectivity index (χ1v) is 6.05. The molecule has 1 unspecified atom stereocenters. The minimum absolute atomic E-state index is 0.154. The molecule has 0 saturated carbocycles. The van der Waals surface area contributed by atoms with Crippen molar-refractivity contribution < 1.29 is 14.2 Å². The molecule has 1 aromatic heterocycles. The number of aliphatic hydroxyl groups is 1. The van der Waals surface area contributed by atoms with E-state index in [0.29, 0.717) is 10.2 Å². The number of aromatic nitrogens is 1. The highest BCUT2D eigenvalue weighted by atomic mass is 79.9. The van der Waals surface area contributed by atoms with E-state index in [1.165, 1.54) is 19.4 Å². The van der Waals surface area contributed by atoms with Gasteiger partial charge < -0.3 is 9.84 Å². The van der Waals surface area contributed by atoms with Crippen molar-refractivity contribution in [1.82, 2.24) is 4.98 Å². The second-order valence-electron chi connectivity index (χ2n) is 3.64. The number of halogens is 2. The van der Waals surface area contributed by atoms with E-state index in [-0.39, 0.29) is 11.3 Å². The largest absolute Gasteiger partial charge is 0.495 e. The first kappa shape index (κ1) is 13.0. The molecule has 0 aliphatic carbocycles. The molecule has 0 amide bonds. The zero-order valence-electron chi connectivity index (χ0n) is 9.60. The normalized spacial score (nSPS) is 12.2. The molecular formula is C13H11BrFNO2. The molecule has 1 heterocycles. The highest BCUT2D eigenvalue weighted by Crippen LogP contribution is 2.31. The Morgan fingerprint density at radius 2 is 2.11 bits per heavy atom. The van der Waals surface area contributed by atoms with Gasteiger partial charge in [-0.2, -0.15) is 0 Å². The lowest BCUT2D eigenvalue weighted by Crippen LogP contribution is -2.07. The standard InChI is InChI=1S/C13H11BrFNO2/c1-18-10-6-3-7-16-12(10)13(17)8-4-2-5-9(14)11(8)15/h2-7,13,17H,1H3. The Balaban J connectivity index is 2.48. The summed E-state index contributed by atoms with van der Waals surface area (Å²) in [4.78, 5) is 4.04. The number of aliphatic hydroxyl groups excluding tert-OH is 1. The third-order valence-corrected chi connectivity index (χ3v) is 3.17. The van der Waals surface area contributed by atoms with Crippen LogP contribution in [0.2, 0.25) is 0 Å². The minimum atomic E-state index is -1.17. The Morgan fingerprint density at radius 3 is 2.83 bits per heavy atom. The Kier molecular flexibility index (Phi) is 3.93. The predicted octanol–water partition coefficient (Wildman–Crippen LogP) is 3.07. The monoisotopic (exact) mass is 311 g/mol. The fourth-order valence-corrected chi connectivity index (χ4v) is 2.04. The van der Waals surface area contributed by atoms with E-state index in [1.807, 2.05) is 0 Å².